The zero-order valence-electron chi connectivity index (χ0n) is 10.5. The van der Waals surface area contributed by atoms with Crippen molar-refractivity contribution in [3.63, 3.8) is 0 Å². The van der Waals surface area contributed by atoms with Crippen molar-refractivity contribution in [2.24, 2.45) is 5.92 Å². The van der Waals surface area contributed by atoms with Gasteiger partial charge >= 0.3 is 0 Å². The highest BCUT2D eigenvalue weighted by molar-refractivity contribution is 5.42. The van der Waals surface area contributed by atoms with Crippen molar-refractivity contribution in [2.75, 3.05) is 6.54 Å². The summed E-state index contributed by atoms with van der Waals surface area (Å²) < 4.78 is 3.35. The van der Waals surface area contributed by atoms with Crippen LogP contribution in [0.15, 0.2) is 29.5 Å². The standard InChI is InChI=1S/C13H18N4O/c1-10(11-2-3-11)14-6-7-16-8-9-17-12(13(16)18)4-5-15-17/h4-5,8-11,14H,2-3,6-7H2,1H3. The highest BCUT2D eigenvalue weighted by Crippen LogP contribution is 2.32. The van der Waals surface area contributed by atoms with Crippen molar-refractivity contribution in [3.05, 3.63) is 35.0 Å². The van der Waals surface area contributed by atoms with Crippen molar-refractivity contribution in [1.29, 1.82) is 0 Å². The van der Waals surface area contributed by atoms with Gasteiger partial charge in [0, 0.05) is 31.5 Å². The van der Waals surface area contributed by atoms with E-state index in [-0.39, 0.29) is 5.56 Å². The van der Waals surface area contributed by atoms with Crippen LogP contribution in [0, 0.1) is 5.92 Å². The SMILES string of the molecule is CC(NCCn1ccn2nccc2c1=O)C1CC1. The summed E-state index contributed by atoms with van der Waals surface area (Å²) in [5.41, 5.74) is 0.656. The Morgan fingerprint density at radius 1 is 1.50 bits per heavy atom. The van der Waals surface area contributed by atoms with Crippen LogP contribution in [-0.4, -0.2) is 26.8 Å². The summed E-state index contributed by atoms with van der Waals surface area (Å²) in [4.78, 5) is 12.1. The first-order valence-electron chi connectivity index (χ1n) is 6.52. The van der Waals surface area contributed by atoms with E-state index in [1.807, 2.05) is 6.20 Å². The first-order valence-corrected chi connectivity index (χ1v) is 6.52. The molecule has 0 bridgehead atoms. The number of aromatic nitrogens is 3. The molecule has 1 saturated carbocycles. The second kappa shape index (κ2) is 4.57. The van der Waals surface area contributed by atoms with Gasteiger partial charge < -0.3 is 9.88 Å². The summed E-state index contributed by atoms with van der Waals surface area (Å²) in [5, 5.41) is 7.53. The van der Waals surface area contributed by atoms with Gasteiger partial charge in [-0.15, -0.1) is 0 Å². The molecule has 1 fully saturated rings. The molecule has 96 valence electrons. The number of hydrogen-bond donors (Lipinski definition) is 1. The average molecular weight is 246 g/mol. The molecule has 0 radical (unpaired) electrons. The summed E-state index contributed by atoms with van der Waals surface area (Å²) in [6, 6.07) is 2.32. The van der Waals surface area contributed by atoms with Gasteiger partial charge in [-0.2, -0.15) is 5.10 Å². The van der Waals surface area contributed by atoms with Gasteiger partial charge in [0.25, 0.3) is 5.56 Å². The maximum atomic E-state index is 12.1. The Morgan fingerprint density at radius 2 is 2.33 bits per heavy atom. The number of nitrogens with zero attached hydrogens (tertiary/aromatic N) is 3. The minimum atomic E-state index is 0.0240. The molecule has 1 aliphatic carbocycles. The summed E-state index contributed by atoms with van der Waals surface area (Å²) in [5.74, 6) is 0.846. The Morgan fingerprint density at radius 3 is 3.11 bits per heavy atom. The molecule has 1 atom stereocenters. The topological polar surface area (TPSA) is 51.3 Å². The molecule has 1 aliphatic rings. The van der Waals surface area contributed by atoms with E-state index < -0.39 is 0 Å². The Hall–Kier alpha value is -1.62. The number of fused-ring (bicyclic) bond motifs is 1. The van der Waals surface area contributed by atoms with E-state index in [0.29, 0.717) is 18.1 Å². The molecule has 0 spiro atoms. The third-order valence-corrected chi connectivity index (χ3v) is 3.69. The smallest absolute Gasteiger partial charge is 0.276 e. The molecule has 2 aromatic rings. The van der Waals surface area contributed by atoms with E-state index in [0.717, 1.165) is 12.5 Å². The van der Waals surface area contributed by atoms with Crippen molar-refractivity contribution in [1.82, 2.24) is 19.5 Å². The van der Waals surface area contributed by atoms with Crippen molar-refractivity contribution in [3.8, 4) is 0 Å². The van der Waals surface area contributed by atoms with Crippen molar-refractivity contribution in [2.45, 2.75) is 32.4 Å². The molecule has 0 amide bonds. The predicted octanol–water partition coefficient (Wildman–Crippen LogP) is 0.884. The molecule has 3 rings (SSSR count). The molecular weight excluding hydrogens is 228 g/mol. The molecular formula is C13H18N4O. The lowest BCUT2D eigenvalue weighted by Crippen LogP contribution is -2.33. The van der Waals surface area contributed by atoms with Gasteiger partial charge in [0.15, 0.2) is 0 Å². The highest BCUT2D eigenvalue weighted by Gasteiger charge is 2.27. The fourth-order valence-corrected chi connectivity index (χ4v) is 2.31. The lowest BCUT2D eigenvalue weighted by molar-refractivity contribution is 0.472. The second-order valence-electron chi connectivity index (χ2n) is 5.04. The monoisotopic (exact) mass is 246 g/mol. The van der Waals surface area contributed by atoms with Gasteiger partial charge in [0.05, 0.1) is 6.20 Å². The minimum absolute atomic E-state index is 0.0240. The van der Waals surface area contributed by atoms with Crippen LogP contribution in [0.2, 0.25) is 0 Å². The summed E-state index contributed by atoms with van der Waals surface area (Å²) in [6.07, 6.45) is 7.95. The molecule has 1 N–H and O–H groups in total. The molecule has 5 heteroatoms. The van der Waals surface area contributed by atoms with Crippen LogP contribution in [-0.2, 0) is 6.54 Å². The van der Waals surface area contributed by atoms with E-state index in [1.165, 1.54) is 12.8 Å². The molecule has 18 heavy (non-hydrogen) atoms. The van der Waals surface area contributed by atoms with Crippen LogP contribution in [0.5, 0.6) is 0 Å². The van der Waals surface area contributed by atoms with Crippen LogP contribution in [0.1, 0.15) is 19.8 Å². The van der Waals surface area contributed by atoms with Crippen molar-refractivity contribution < 1.29 is 0 Å². The largest absolute Gasteiger partial charge is 0.312 e. The number of rotatable bonds is 5. The third kappa shape index (κ3) is 2.18. The third-order valence-electron chi connectivity index (χ3n) is 3.69. The van der Waals surface area contributed by atoms with Gasteiger partial charge in [0.1, 0.15) is 5.52 Å². The zero-order valence-corrected chi connectivity index (χ0v) is 10.5. The highest BCUT2D eigenvalue weighted by atomic mass is 16.1. The molecule has 5 nitrogen and oxygen atoms in total. The van der Waals surface area contributed by atoms with E-state index in [1.54, 1.807) is 27.5 Å². The van der Waals surface area contributed by atoms with E-state index in [9.17, 15) is 4.79 Å². The quantitative estimate of drug-likeness (QED) is 0.852. The van der Waals surface area contributed by atoms with Crippen LogP contribution in [0.25, 0.3) is 5.52 Å². The van der Waals surface area contributed by atoms with Crippen LogP contribution in [0.4, 0.5) is 0 Å². The predicted molar refractivity (Wildman–Crippen MR) is 69.6 cm³/mol. The lowest BCUT2D eigenvalue weighted by atomic mass is 10.2. The normalized spacial score (nSPS) is 17.2. The Balaban J connectivity index is 1.66. The maximum absolute atomic E-state index is 12.1. The molecule has 2 heterocycles. The second-order valence-corrected chi connectivity index (χ2v) is 5.04. The first kappa shape index (κ1) is 11.5. The Bertz CT molecular complexity index is 596. The summed E-state index contributed by atoms with van der Waals surface area (Å²) >= 11 is 0. The average Bonchev–Trinajstić information content (AvgIpc) is 3.10. The summed E-state index contributed by atoms with van der Waals surface area (Å²) in [7, 11) is 0. The minimum Gasteiger partial charge on any atom is -0.312 e. The van der Waals surface area contributed by atoms with E-state index in [2.05, 4.69) is 17.3 Å². The van der Waals surface area contributed by atoms with Gasteiger partial charge in [-0.3, -0.25) is 4.79 Å². The Labute approximate surface area is 105 Å². The summed E-state index contributed by atoms with van der Waals surface area (Å²) in [6.45, 7) is 3.76. The van der Waals surface area contributed by atoms with Crippen LogP contribution in [0.3, 0.4) is 0 Å². The van der Waals surface area contributed by atoms with E-state index >= 15 is 0 Å². The number of nitrogens with one attached hydrogen (secondary N) is 1. The van der Waals surface area contributed by atoms with Crippen LogP contribution < -0.4 is 10.9 Å². The maximum Gasteiger partial charge on any atom is 0.276 e. The molecule has 0 aliphatic heterocycles. The first-order chi connectivity index (χ1) is 8.75. The molecule has 0 saturated heterocycles. The van der Waals surface area contributed by atoms with Gasteiger partial charge in [-0.1, -0.05) is 0 Å². The number of hydrogen-bond acceptors (Lipinski definition) is 3. The Kier molecular flexibility index (Phi) is 2.91. The van der Waals surface area contributed by atoms with E-state index in [4.69, 9.17) is 0 Å². The molecule has 0 aromatic carbocycles. The van der Waals surface area contributed by atoms with Gasteiger partial charge in [-0.05, 0) is 31.7 Å². The molecule has 2 aromatic heterocycles. The molecule has 1 unspecified atom stereocenters. The lowest BCUT2D eigenvalue weighted by Gasteiger charge is -2.13. The fraction of sp³-hybridized carbons (Fsp3) is 0.538. The van der Waals surface area contributed by atoms with Crippen LogP contribution >= 0.6 is 0 Å². The van der Waals surface area contributed by atoms with Gasteiger partial charge in [-0.25, -0.2) is 4.52 Å². The zero-order chi connectivity index (χ0) is 12.5. The van der Waals surface area contributed by atoms with Crippen molar-refractivity contribution >= 4 is 5.52 Å². The fourth-order valence-electron chi connectivity index (χ4n) is 2.31. The van der Waals surface area contributed by atoms with Gasteiger partial charge in [0.2, 0.25) is 0 Å².